The maximum absolute atomic E-state index is 2.31. The van der Waals surface area contributed by atoms with Crippen LogP contribution in [0.5, 0.6) is 0 Å². The van der Waals surface area contributed by atoms with Crippen molar-refractivity contribution in [3.05, 3.63) is 12.2 Å². The SMILES string of the molecule is C/C=C/C(C)(C)CCCCC. The lowest BCUT2D eigenvalue weighted by atomic mass is 9.87. The van der Waals surface area contributed by atoms with E-state index >= 15 is 0 Å². The zero-order chi connectivity index (χ0) is 8.74. The van der Waals surface area contributed by atoms with E-state index in [0.29, 0.717) is 5.41 Å². The molecule has 0 aliphatic carbocycles. The fourth-order valence-corrected chi connectivity index (χ4v) is 1.37. The third-order valence-corrected chi connectivity index (χ3v) is 2.04. The summed E-state index contributed by atoms with van der Waals surface area (Å²) < 4.78 is 0. The summed E-state index contributed by atoms with van der Waals surface area (Å²) in [7, 11) is 0. The predicted octanol–water partition coefficient (Wildman–Crippen LogP) is 4.17. The summed E-state index contributed by atoms with van der Waals surface area (Å²) in [5.74, 6) is 0. The summed E-state index contributed by atoms with van der Waals surface area (Å²) in [6.07, 6.45) is 9.86. The number of allylic oxidation sites excluding steroid dienone is 2. The van der Waals surface area contributed by atoms with Crippen LogP contribution in [0.2, 0.25) is 0 Å². The van der Waals surface area contributed by atoms with Crippen LogP contribution in [0.15, 0.2) is 12.2 Å². The quantitative estimate of drug-likeness (QED) is 0.412. The van der Waals surface area contributed by atoms with Crippen molar-refractivity contribution in [3.63, 3.8) is 0 Å². The summed E-state index contributed by atoms with van der Waals surface area (Å²) >= 11 is 0. The van der Waals surface area contributed by atoms with Crippen LogP contribution >= 0.6 is 0 Å². The molecule has 0 radical (unpaired) electrons. The minimum atomic E-state index is 0.421. The molecule has 0 aliphatic rings. The van der Waals surface area contributed by atoms with Gasteiger partial charge in [0.2, 0.25) is 0 Å². The average molecular weight is 154 g/mol. The van der Waals surface area contributed by atoms with E-state index in [1.54, 1.807) is 0 Å². The Morgan fingerprint density at radius 2 is 1.82 bits per heavy atom. The van der Waals surface area contributed by atoms with Crippen molar-refractivity contribution in [1.29, 1.82) is 0 Å². The molecule has 0 saturated heterocycles. The first kappa shape index (κ1) is 10.7. The van der Waals surface area contributed by atoms with Gasteiger partial charge in [0.05, 0.1) is 0 Å². The maximum Gasteiger partial charge on any atom is -0.0175 e. The van der Waals surface area contributed by atoms with Crippen molar-refractivity contribution in [1.82, 2.24) is 0 Å². The highest BCUT2D eigenvalue weighted by molar-refractivity contribution is 4.92. The van der Waals surface area contributed by atoms with E-state index < -0.39 is 0 Å². The van der Waals surface area contributed by atoms with Crippen LogP contribution in [0, 0.1) is 5.41 Å². The van der Waals surface area contributed by atoms with E-state index in [1.807, 2.05) is 0 Å². The predicted molar refractivity (Wildman–Crippen MR) is 52.7 cm³/mol. The Balaban J connectivity index is 3.55. The fraction of sp³-hybridized carbons (Fsp3) is 0.818. The monoisotopic (exact) mass is 154 g/mol. The lowest BCUT2D eigenvalue weighted by Gasteiger charge is -2.19. The van der Waals surface area contributed by atoms with Crippen LogP contribution < -0.4 is 0 Å². The van der Waals surface area contributed by atoms with E-state index in [-0.39, 0.29) is 0 Å². The standard InChI is InChI=1S/C11H22/c1-5-7-8-10-11(3,4)9-6-2/h6,9H,5,7-8,10H2,1-4H3/b9-6+. The molecule has 0 aromatic rings. The summed E-state index contributed by atoms with van der Waals surface area (Å²) in [5, 5.41) is 0. The highest BCUT2D eigenvalue weighted by atomic mass is 14.2. The molecular weight excluding hydrogens is 132 g/mol. The van der Waals surface area contributed by atoms with Crippen molar-refractivity contribution >= 4 is 0 Å². The molecule has 11 heavy (non-hydrogen) atoms. The Morgan fingerprint density at radius 1 is 1.18 bits per heavy atom. The molecular formula is C11H22. The number of hydrogen-bond donors (Lipinski definition) is 0. The van der Waals surface area contributed by atoms with E-state index in [2.05, 4.69) is 39.8 Å². The molecule has 0 amide bonds. The number of unbranched alkanes of at least 4 members (excludes halogenated alkanes) is 2. The number of hydrogen-bond acceptors (Lipinski definition) is 0. The van der Waals surface area contributed by atoms with E-state index in [4.69, 9.17) is 0 Å². The molecule has 0 unspecified atom stereocenters. The van der Waals surface area contributed by atoms with Gasteiger partial charge in [-0.3, -0.25) is 0 Å². The van der Waals surface area contributed by atoms with E-state index in [1.165, 1.54) is 25.7 Å². The molecule has 0 saturated carbocycles. The van der Waals surface area contributed by atoms with Gasteiger partial charge in [-0.15, -0.1) is 0 Å². The molecule has 0 atom stereocenters. The normalized spacial score (nSPS) is 12.7. The summed E-state index contributed by atoms with van der Waals surface area (Å²) in [6.45, 7) is 8.97. The van der Waals surface area contributed by atoms with Gasteiger partial charge in [-0.05, 0) is 18.8 Å². The van der Waals surface area contributed by atoms with Crippen molar-refractivity contribution < 1.29 is 0 Å². The van der Waals surface area contributed by atoms with Crippen molar-refractivity contribution in [2.75, 3.05) is 0 Å². The van der Waals surface area contributed by atoms with Crippen LogP contribution in [-0.4, -0.2) is 0 Å². The zero-order valence-corrected chi connectivity index (χ0v) is 8.48. The van der Waals surface area contributed by atoms with Gasteiger partial charge >= 0.3 is 0 Å². The summed E-state index contributed by atoms with van der Waals surface area (Å²) in [5.41, 5.74) is 0.421. The molecule has 0 heteroatoms. The number of rotatable bonds is 5. The minimum absolute atomic E-state index is 0.421. The molecule has 0 heterocycles. The molecule has 0 aromatic carbocycles. The van der Waals surface area contributed by atoms with Gasteiger partial charge in [0.25, 0.3) is 0 Å². The Bertz CT molecular complexity index is 109. The second-order valence-electron chi connectivity index (χ2n) is 3.95. The highest BCUT2D eigenvalue weighted by Crippen LogP contribution is 2.24. The zero-order valence-electron chi connectivity index (χ0n) is 8.48. The maximum atomic E-state index is 2.31. The molecule has 0 bridgehead atoms. The Hall–Kier alpha value is -0.260. The first-order valence-corrected chi connectivity index (χ1v) is 4.76. The van der Waals surface area contributed by atoms with Crippen molar-refractivity contribution in [2.24, 2.45) is 5.41 Å². The molecule has 0 fully saturated rings. The highest BCUT2D eigenvalue weighted by Gasteiger charge is 2.11. The summed E-state index contributed by atoms with van der Waals surface area (Å²) in [6, 6.07) is 0. The molecule has 0 N–H and O–H groups in total. The third-order valence-electron chi connectivity index (χ3n) is 2.04. The first-order valence-electron chi connectivity index (χ1n) is 4.76. The van der Waals surface area contributed by atoms with Gasteiger partial charge in [-0.2, -0.15) is 0 Å². The molecule has 0 nitrogen and oxygen atoms in total. The van der Waals surface area contributed by atoms with Crippen molar-refractivity contribution in [2.45, 2.75) is 53.4 Å². The first-order chi connectivity index (χ1) is 5.12. The lowest BCUT2D eigenvalue weighted by Crippen LogP contribution is -2.06. The van der Waals surface area contributed by atoms with Gasteiger partial charge in [0.1, 0.15) is 0 Å². The largest absolute Gasteiger partial charge is 0.0911 e. The second-order valence-corrected chi connectivity index (χ2v) is 3.95. The van der Waals surface area contributed by atoms with Gasteiger partial charge < -0.3 is 0 Å². The van der Waals surface area contributed by atoms with E-state index in [9.17, 15) is 0 Å². The second kappa shape index (κ2) is 5.40. The van der Waals surface area contributed by atoms with Gasteiger partial charge in [0, 0.05) is 0 Å². The average Bonchev–Trinajstić information content (AvgIpc) is 1.87. The Kier molecular flexibility index (Phi) is 5.27. The van der Waals surface area contributed by atoms with Crippen LogP contribution in [-0.2, 0) is 0 Å². The fourth-order valence-electron chi connectivity index (χ4n) is 1.37. The Labute approximate surface area is 71.7 Å². The molecule has 0 aromatic heterocycles. The van der Waals surface area contributed by atoms with Crippen LogP contribution in [0.4, 0.5) is 0 Å². The molecule has 0 aliphatic heterocycles. The third kappa shape index (κ3) is 6.15. The van der Waals surface area contributed by atoms with E-state index in [0.717, 1.165) is 0 Å². The molecule has 66 valence electrons. The van der Waals surface area contributed by atoms with Gasteiger partial charge in [0.15, 0.2) is 0 Å². The lowest BCUT2D eigenvalue weighted by molar-refractivity contribution is 0.412. The van der Waals surface area contributed by atoms with Crippen LogP contribution in [0.25, 0.3) is 0 Å². The molecule has 0 spiro atoms. The topological polar surface area (TPSA) is 0 Å². The van der Waals surface area contributed by atoms with Gasteiger partial charge in [-0.1, -0.05) is 52.2 Å². The summed E-state index contributed by atoms with van der Waals surface area (Å²) in [4.78, 5) is 0. The minimum Gasteiger partial charge on any atom is -0.0911 e. The molecule has 0 rings (SSSR count). The van der Waals surface area contributed by atoms with Crippen molar-refractivity contribution in [3.8, 4) is 0 Å². The Morgan fingerprint density at radius 3 is 2.27 bits per heavy atom. The van der Waals surface area contributed by atoms with Crippen LogP contribution in [0.1, 0.15) is 53.4 Å². The smallest absolute Gasteiger partial charge is 0.0175 e. The van der Waals surface area contributed by atoms with Gasteiger partial charge in [-0.25, -0.2) is 0 Å². The van der Waals surface area contributed by atoms with Crippen LogP contribution in [0.3, 0.4) is 0 Å².